The summed E-state index contributed by atoms with van der Waals surface area (Å²) in [5, 5.41) is 14.6. The molecule has 18 heavy (non-hydrogen) atoms. The number of hydrogen-bond donors (Lipinski definition) is 3. The summed E-state index contributed by atoms with van der Waals surface area (Å²) in [4.78, 5) is 11.6. The lowest BCUT2D eigenvalue weighted by molar-refractivity contribution is 0.231. The molecule has 102 valence electrons. The van der Waals surface area contributed by atoms with E-state index in [2.05, 4.69) is 10.6 Å². The molecular weight excluding hydrogens is 250 g/mol. The van der Waals surface area contributed by atoms with Gasteiger partial charge in [-0.3, -0.25) is 0 Å². The van der Waals surface area contributed by atoms with Gasteiger partial charge in [0.15, 0.2) is 0 Å². The third kappa shape index (κ3) is 5.97. The number of carbonyl (C=O) groups is 1. The van der Waals surface area contributed by atoms with Gasteiger partial charge in [0, 0.05) is 43.9 Å². The molecule has 0 fully saturated rings. The van der Waals surface area contributed by atoms with Crippen molar-refractivity contribution in [2.24, 2.45) is 0 Å². The minimum Gasteiger partial charge on any atom is -0.396 e. The van der Waals surface area contributed by atoms with Crippen LogP contribution in [0, 0.1) is 0 Å². The maximum atomic E-state index is 11.6. The molecule has 5 nitrogen and oxygen atoms in total. The molecule has 1 unspecified atom stereocenters. The molecule has 6 heteroatoms. The minimum atomic E-state index is -0.172. The van der Waals surface area contributed by atoms with Crippen molar-refractivity contribution in [1.29, 1.82) is 0 Å². The maximum absolute atomic E-state index is 11.6. The zero-order chi connectivity index (χ0) is 13.2. The maximum Gasteiger partial charge on any atom is 0.315 e. The van der Waals surface area contributed by atoms with E-state index in [4.69, 9.17) is 5.11 Å². The number of hydrogen-bond acceptors (Lipinski definition) is 3. The number of rotatable bonds is 8. The Morgan fingerprint density at radius 2 is 2.17 bits per heavy atom. The van der Waals surface area contributed by atoms with Crippen LogP contribution in [0.3, 0.4) is 0 Å². The predicted octanol–water partition coefficient (Wildman–Crippen LogP) is 0.901. The highest BCUT2D eigenvalue weighted by Gasteiger charge is 2.10. The second-order valence-electron chi connectivity index (χ2n) is 3.99. The van der Waals surface area contributed by atoms with Crippen molar-refractivity contribution >= 4 is 17.8 Å². The van der Waals surface area contributed by atoms with Crippen LogP contribution in [0.15, 0.2) is 24.5 Å². The zero-order valence-corrected chi connectivity index (χ0v) is 11.4. The van der Waals surface area contributed by atoms with Crippen LogP contribution < -0.4 is 10.6 Å². The van der Waals surface area contributed by atoms with Crippen molar-refractivity contribution in [3.8, 4) is 0 Å². The first kappa shape index (κ1) is 14.9. The van der Waals surface area contributed by atoms with Crippen LogP contribution in [-0.2, 0) is 6.54 Å². The third-order valence-electron chi connectivity index (χ3n) is 2.50. The second kappa shape index (κ2) is 8.88. The summed E-state index contributed by atoms with van der Waals surface area (Å²) in [6, 6.07) is 3.76. The average molecular weight is 271 g/mol. The van der Waals surface area contributed by atoms with Crippen LogP contribution in [0.2, 0.25) is 0 Å². The van der Waals surface area contributed by atoms with Gasteiger partial charge in [0.25, 0.3) is 0 Å². The molecule has 0 bridgehead atoms. The second-order valence-corrected chi connectivity index (χ2v) is 4.90. The molecule has 2 amide bonds. The minimum absolute atomic E-state index is 0.0246. The molecule has 0 aromatic carbocycles. The summed E-state index contributed by atoms with van der Waals surface area (Å²) in [6.07, 6.45) is 6.49. The van der Waals surface area contributed by atoms with Gasteiger partial charge in [-0.1, -0.05) is 0 Å². The molecule has 1 atom stereocenters. The number of nitrogens with one attached hydrogen (secondary N) is 2. The van der Waals surface area contributed by atoms with E-state index in [1.807, 2.05) is 35.3 Å². The normalized spacial score (nSPS) is 12.1. The molecule has 0 spiro atoms. The molecule has 1 aromatic heterocycles. The van der Waals surface area contributed by atoms with E-state index in [1.54, 1.807) is 11.8 Å². The smallest absolute Gasteiger partial charge is 0.315 e. The summed E-state index contributed by atoms with van der Waals surface area (Å²) in [5.41, 5.74) is 0. The van der Waals surface area contributed by atoms with Crippen molar-refractivity contribution in [2.75, 3.05) is 25.2 Å². The predicted molar refractivity (Wildman–Crippen MR) is 74.8 cm³/mol. The highest BCUT2D eigenvalue weighted by atomic mass is 32.2. The summed E-state index contributed by atoms with van der Waals surface area (Å²) >= 11 is 1.66. The molecule has 0 radical (unpaired) electrons. The van der Waals surface area contributed by atoms with Gasteiger partial charge in [0.2, 0.25) is 0 Å². The monoisotopic (exact) mass is 271 g/mol. The van der Waals surface area contributed by atoms with E-state index < -0.39 is 0 Å². The molecule has 0 saturated heterocycles. The van der Waals surface area contributed by atoms with Crippen molar-refractivity contribution < 1.29 is 9.90 Å². The first-order chi connectivity index (χ1) is 8.76. The van der Waals surface area contributed by atoms with Crippen molar-refractivity contribution in [1.82, 2.24) is 15.2 Å². The van der Waals surface area contributed by atoms with E-state index >= 15 is 0 Å². The van der Waals surface area contributed by atoms with Gasteiger partial charge in [-0.15, -0.1) is 0 Å². The Labute approximate surface area is 112 Å². The van der Waals surface area contributed by atoms with Crippen LogP contribution in [0.5, 0.6) is 0 Å². The third-order valence-corrected chi connectivity index (χ3v) is 3.24. The number of aliphatic hydroxyl groups is 1. The first-order valence-corrected chi connectivity index (χ1v) is 7.40. The molecule has 0 aliphatic heterocycles. The van der Waals surface area contributed by atoms with E-state index in [0.29, 0.717) is 13.0 Å². The topological polar surface area (TPSA) is 66.3 Å². The van der Waals surface area contributed by atoms with Gasteiger partial charge >= 0.3 is 6.03 Å². The Bertz CT molecular complexity index is 324. The fourth-order valence-corrected chi connectivity index (χ4v) is 2.26. The molecular formula is C12H21N3O2S. The zero-order valence-electron chi connectivity index (χ0n) is 10.6. The molecule has 1 rings (SSSR count). The Morgan fingerprint density at radius 1 is 1.44 bits per heavy atom. The Balaban J connectivity index is 2.18. The van der Waals surface area contributed by atoms with Crippen molar-refractivity contribution in [3.05, 3.63) is 24.5 Å². The quantitative estimate of drug-likeness (QED) is 0.658. The fraction of sp³-hybridized carbons (Fsp3) is 0.583. The number of thioether (sulfide) groups is 1. The number of carbonyl (C=O) groups excluding carboxylic acids is 1. The number of urea groups is 1. The van der Waals surface area contributed by atoms with Crippen LogP contribution in [-0.4, -0.2) is 46.9 Å². The van der Waals surface area contributed by atoms with Gasteiger partial charge in [-0.25, -0.2) is 4.79 Å². The van der Waals surface area contributed by atoms with E-state index in [0.717, 1.165) is 12.3 Å². The number of amides is 2. The SMILES string of the molecule is CSCC(CCO)NC(=O)NCCn1cccc1. The molecule has 0 aliphatic carbocycles. The van der Waals surface area contributed by atoms with Gasteiger partial charge in [0.1, 0.15) is 0 Å². The largest absolute Gasteiger partial charge is 0.396 e. The summed E-state index contributed by atoms with van der Waals surface area (Å²) in [7, 11) is 0. The highest BCUT2D eigenvalue weighted by molar-refractivity contribution is 7.98. The van der Waals surface area contributed by atoms with Crippen LogP contribution in [0.4, 0.5) is 4.79 Å². The van der Waals surface area contributed by atoms with Gasteiger partial charge in [-0.2, -0.15) is 11.8 Å². The van der Waals surface area contributed by atoms with Gasteiger partial charge in [-0.05, 0) is 24.8 Å². The molecule has 0 aliphatic rings. The lowest BCUT2D eigenvalue weighted by Crippen LogP contribution is -2.44. The lowest BCUT2D eigenvalue weighted by atomic mass is 10.2. The fourth-order valence-electron chi connectivity index (χ4n) is 1.61. The number of nitrogens with zero attached hydrogens (tertiary/aromatic N) is 1. The average Bonchev–Trinajstić information content (AvgIpc) is 2.82. The molecule has 3 N–H and O–H groups in total. The van der Waals surface area contributed by atoms with E-state index in [-0.39, 0.29) is 18.7 Å². The molecule has 0 saturated carbocycles. The summed E-state index contributed by atoms with van der Waals surface area (Å²) in [5.74, 6) is 0.811. The van der Waals surface area contributed by atoms with Crippen molar-refractivity contribution in [3.63, 3.8) is 0 Å². The Hall–Kier alpha value is -1.14. The lowest BCUT2D eigenvalue weighted by Gasteiger charge is -2.17. The molecule has 1 aromatic rings. The standard InChI is InChI=1S/C12H21N3O2S/c1-18-10-11(4-9-16)14-12(17)13-5-8-15-6-2-3-7-15/h2-3,6-7,11,16H,4-5,8-10H2,1H3,(H2,13,14,17). The Morgan fingerprint density at radius 3 is 2.78 bits per heavy atom. The summed E-state index contributed by atoms with van der Waals surface area (Å²) < 4.78 is 2.01. The van der Waals surface area contributed by atoms with Crippen LogP contribution in [0.25, 0.3) is 0 Å². The summed E-state index contributed by atoms with van der Waals surface area (Å²) in [6.45, 7) is 1.44. The van der Waals surface area contributed by atoms with Crippen molar-refractivity contribution in [2.45, 2.75) is 19.0 Å². The first-order valence-electron chi connectivity index (χ1n) is 6.01. The molecule has 1 heterocycles. The van der Waals surface area contributed by atoms with Gasteiger partial charge < -0.3 is 20.3 Å². The number of aromatic nitrogens is 1. The highest BCUT2D eigenvalue weighted by Crippen LogP contribution is 2.00. The van der Waals surface area contributed by atoms with E-state index in [9.17, 15) is 4.79 Å². The number of aliphatic hydroxyl groups excluding tert-OH is 1. The van der Waals surface area contributed by atoms with E-state index in [1.165, 1.54) is 0 Å². The Kier molecular flexibility index (Phi) is 7.36. The van der Waals surface area contributed by atoms with Crippen LogP contribution >= 0.6 is 11.8 Å². The van der Waals surface area contributed by atoms with Crippen LogP contribution in [0.1, 0.15) is 6.42 Å². The van der Waals surface area contributed by atoms with Gasteiger partial charge in [0.05, 0.1) is 0 Å².